The van der Waals surface area contributed by atoms with Crippen LogP contribution in [-0.4, -0.2) is 57.2 Å². The van der Waals surface area contributed by atoms with E-state index in [0.717, 1.165) is 69.1 Å². The van der Waals surface area contributed by atoms with Crippen LogP contribution in [0.2, 0.25) is 0 Å². The number of para-hydroxylation sites is 1. The fraction of sp³-hybridized carbons (Fsp3) is 0.458. The molecular formula is C24H33N3O2. The third-order valence-corrected chi connectivity index (χ3v) is 5.68. The van der Waals surface area contributed by atoms with Crippen molar-refractivity contribution < 1.29 is 9.53 Å². The van der Waals surface area contributed by atoms with Gasteiger partial charge in [0.25, 0.3) is 0 Å². The van der Waals surface area contributed by atoms with Gasteiger partial charge in [0.05, 0.1) is 7.11 Å². The molecule has 2 aromatic carbocycles. The zero-order chi connectivity index (χ0) is 20.6. The van der Waals surface area contributed by atoms with Crippen molar-refractivity contribution in [1.82, 2.24) is 4.90 Å². The van der Waals surface area contributed by atoms with Crippen LogP contribution >= 0.6 is 0 Å². The second kappa shape index (κ2) is 10.3. The first-order chi connectivity index (χ1) is 14.1. The Balaban J connectivity index is 1.42. The topological polar surface area (TPSA) is 36.0 Å². The Kier molecular flexibility index (Phi) is 7.53. The average molecular weight is 396 g/mol. The van der Waals surface area contributed by atoms with Crippen molar-refractivity contribution in [1.29, 1.82) is 0 Å². The zero-order valence-electron chi connectivity index (χ0n) is 17.9. The third kappa shape index (κ3) is 5.73. The van der Waals surface area contributed by atoms with E-state index in [1.807, 2.05) is 29.2 Å². The number of hydrogen-bond donors (Lipinski definition) is 0. The Bertz CT molecular complexity index is 800. The van der Waals surface area contributed by atoms with Gasteiger partial charge in [-0.3, -0.25) is 9.69 Å². The van der Waals surface area contributed by atoms with E-state index in [4.69, 9.17) is 4.74 Å². The second-order valence-corrected chi connectivity index (χ2v) is 7.69. The molecule has 0 atom stereocenters. The largest absolute Gasteiger partial charge is 0.497 e. The molecule has 5 heteroatoms. The molecule has 0 aromatic heterocycles. The maximum atomic E-state index is 12.1. The molecule has 1 heterocycles. The number of carbonyl (C=O) groups excluding carboxylic acids is 1. The van der Waals surface area contributed by atoms with Crippen LogP contribution in [0.4, 0.5) is 11.4 Å². The molecule has 1 saturated heterocycles. The molecule has 0 radical (unpaired) electrons. The van der Waals surface area contributed by atoms with Gasteiger partial charge in [0.2, 0.25) is 5.91 Å². The summed E-state index contributed by atoms with van der Waals surface area (Å²) < 4.78 is 5.34. The summed E-state index contributed by atoms with van der Waals surface area (Å²) in [5.74, 6) is 1.03. The summed E-state index contributed by atoms with van der Waals surface area (Å²) in [6, 6.07) is 16.4. The lowest BCUT2D eigenvalue weighted by molar-refractivity contribution is -0.116. The minimum absolute atomic E-state index is 0.117. The maximum Gasteiger partial charge on any atom is 0.223 e. The molecule has 156 valence electrons. The van der Waals surface area contributed by atoms with E-state index in [1.165, 1.54) is 5.69 Å². The van der Waals surface area contributed by atoms with Gasteiger partial charge in [0, 0.05) is 57.1 Å². The number of hydrogen-bond acceptors (Lipinski definition) is 4. The zero-order valence-corrected chi connectivity index (χ0v) is 17.9. The summed E-state index contributed by atoms with van der Waals surface area (Å²) in [6.45, 7) is 9.81. The first-order valence-corrected chi connectivity index (χ1v) is 10.5. The molecule has 1 amide bonds. The standard InChI is InChI=1S/C24H33N3O2/c1-20-9-4-5-12-24(20)27(21(2)28)14-7-6-13-25-15-17-26(18-16-25)22-10-8-11-23(19-22)29-3/h4-5,8-12,19H,6-7,13-18H2,1-3H3. The van der Waals surface area contributed by atoms with Gasteiger partial charge in [-0.2, -0.15) is 0 Å². The smallest absolute Gasteiger partial charge is 0.223 e. The van der Waals surface area contributed by atoms with Crippen molar-refractivity contribution >= 4 is 17.3 Å². The highest BCUT2D eigenvalue weighted by atomic mass is 16.5. The predicted molar refractivity (Wildman–Crippen MR) is 120 cm³/mol. The molecule has 1 aliphatic heterocycles. The van der Waals surface area contributed by atoms with E-state index >= 15 is 0 Å². The Morgan fingerprint density at radius 2 is 1.79 bits per heavy atom. The number of ether oxygens (including phenoxy) is 1. The number of benzene rings is 2. The van der Waals surface area contributed by atoms with Crippen molar-refractivity contribution in [2.45, 2.75) is 26.7 Å². The maximum absolute atomic E-state index is 12.1. The Morgan fingerprint density at radius 1 is 1.03 bits per heavy atom. The number of unbranched alkanes of at least 4 members (excludes halogenated alkanes) is 1. The van der Waals surface area contributed by atoms with E-state index < -0.39 is 0 Å². The number of carbonyl (C=O) groups is 1. The number of methoxy groups -OCH3 is 1. The van der Waals surface area contributed by atoms with E-state index in [1.54, 1.807) is 14.0 Å². The molecule has 3 rings (SSSR count). The van der Waals surface area contributed by atoms with Crippen molar-refractivity contribution in [2.24, 2.45) is 0 Å². The number of piperazine rings is 1. The van der Waals surface area contributed by atoms with Crippen LogP contribution in [0.5, 0.6) is 5.75 Å². The van der Waals surface area contributed by atoms with Gasteiger partial charge >= 0.3 is 0 Å². The summed E-state index contributed by atoms with van der Waals surface area (Å²) >= 11 is 0. The molecule has 2 aromatic rings. The summed E-state index contributed by atoms with van der Waals surface area (Å²) in [7, 11) is 1.71. The fourth-order valence-electron chi connectivity index (χ4n) is 3.96. The first kappa shape index (κ1) is 21.2. The average Bonchev–Trinajstić information content (AvgIpc) is 2.75. The van der Waals surface area contributed by atoms with Crippen molar-refractivity contribution in [3.63, 3.8) is 0 Å². The van der Waals surface area contributed by atoms with Crippen LogP contribution in [0.1, 0.15) is 25.3 Å². The number of anilines is 2. The van der Waals surface area contributed by atoms with Gasteiger partial charge in [0.15, 0.2) is 0 Å². The molecule has 0 spiro atoms. The Labute approximate surface area is 174 Å². The highest BCUT2D eigenvalue weighted by Crippen LogP contribution is 2.23. The fourth-order valence-corrected chi connectivity index (χ4v) is 3.96. The molecule has 5 nitrogen and oxygen atoms in total. The minimum atomic E-state index is 0.117. The minimum Gasteiger partial charge on any atom is -0.497 e. The number of aryl methyl sites for hydroxylation is 1. The third-order valence-electron chi connectivity index (χ3n) is 5.68. The molecule has 0 N–H and O–H groups in total. The van der Waals surface area contributed by atoms with Gasteiger partial charge in [-0.1, -0.05) is 24.3 Å². The first-order valence-electron chi connectivity index (χ1n) is 10.5. The SMILES string of the molecule is COc1cccc(N2CCN(CCCCN(C(C)=O)c3ccccc3C)CC2)c1. The van der Waals surface area contributed by atoms with E-state index in [2.05, 4.69) is 41.0 Å². The Morgan fingerprint density at radius 3 is 2.48 bits per heavy atom. The summed E-state index contributed by atoms with van der Waals surface area (Å²) in [5, 5.41) is 0. The van der Waals surface area contributed by atoms with E-state index in [0.29, 0.717) is 0 Å². The van der Waals surface area contributed by atoms with Crippen molar-refractivity contribution in [3.05, 3.63) is 54.1 Å². The summed E-state index contributed by atoms with van der Waals surface area (Å²) in [5.41, 5.74) is 3.42. The molecule has 0 unspecified atom stereocenters. The predicted octanol–water partition coefficient (Wildman–Crippen LogP) is 3.96. The van der Waals surface area contributed by atoms with Crippen LogP contribution in [-0.2, 0) is 4.79 Å². The summed E-state index contributed by atoms with van der Waals surface area (Å²) in [6.07, 6.45) is 2.12. The van der Waals surface area contributed by atoms with Crippen molar-refractivity contribution in [2.75, 3.05) is 56.2 Å². The number of amides is 1. The molecule has 0 saturated carbocycles. The molecule has 0 bridgehead atoms. The van der Waals surface area contributed by atoms with Gasteiger partial charge in [0.1, 0.15) is 5.75 Å². The van der Waals surface area contributed by atoms with Gasteiger partial charge in [-0.05, 0) is 50.1 Å². The van der Waals surface area contributed by atoms with Gasteiger partial charge in [-0.25, -0.2) is 0 Å². The van der Waals surface area contributed by atoms with Crippen LogP contribution < -0.4 is 14.5 Å². The monoisotopic (exact) mass is 395 g/mol. The Hall–Kier alpha value is -2.53. The molecular weight excluding hydrogens is 362 g/mol. The lowest BCUT2D eigenvalue weighted by atomic mass is 10.1. The number of rotatable bonds is 8. The van der Waals surface area contributed by atoms with Crippen LogP contribution in [0, 0.1) is 6.92 Å². The normalized spacial score (nSPS) is 14.7. The van der Waals surface area contributed by atoms with Gasteiger partial charge < -0.3 is 14.5 Å². The van der Waals surface area contributed by atoms with E-state index in [-0.39, 0.29) is 5.91 Å². The molecule has 0 aliphatic carbocycles. The van der Waals surface area contributed by atoms with E-state index in [9.17, 15) is 4.79 Å². The summed E-state index contributed by atoms with van der Waals surface area (Å²) in [4.78, 5) is 19.0. The molecule has 1 aliphatic rings. The lowest BCUT2D eigenvalue weighted by Gasteiger charge is -2.36. The molecule has 1 fully saturated rings. The lowest BCUT2D eigenvalue weighted by Crippen LogP contribution is -2.46. The second-order valence-electron chi connectivity index (χ2n) is 7.69. The van der Waals surface area contributed by atoms with Gasteiger partial charge in [-0.15, -0.1) is 0 Å². The number of nitrogens with zero attached hydrogens (tertiary/aromatic N) is 3. The quantitative estimate of drug-likeness (QED) is 0.634. The van der Waals surface area contributed by atoms with Crippen LogP contribution in [0.25, 0.3) is 0 Å². The highest BCUT2D eigenvalue weighted by Gasteiger charge is 2.18. The van der Waals surface area contributed by atoms with Crippen LogP contribution in [0.15, 0.2) is 48.5 Å². The van der Waals surface area contributed by atoms with Crippen molar-refractivity contribution in [3.8, 4) is 5.75 Å². The van der Waals surface area contributed by atoms with Crippen LogP contribution in [0.3, 0.4) is 0 Å². The molecule has 29 heavy (non-hydrogen) atoms. The highest BCUT2D eigenvalue weighted by molar-refractivity contribution is 5.92.